The number of fused-ring (bicyclic) bond motifs is 1. The van der Waals surface area contributed by atoms with Crippen molar-refractivity contribution in [2.75, 3.05) is 0 Å². The van der Waals surface area contributed by atoms with Gasteiger partial charge in [-0.05, 0) is 26.0 Å². The molecule has 0 fully saturated rings. The SMILES string of the molecule is CC(C)(SCc1nc2ccccc2s1)[C@@H](N)C(=O)O. The number of aliphatic carboxylic acids is 1. The molecule has 0 unspecified atom stereocenters. The van der Waals surface area contributed by atoms with Crippen molar-refractivity contribution in [1.29, 1.82) is 0 Å². The Morgan fingerprint density at radius 1 is 1.53 bits per heavy atom. The highest BCUT2D eigenvalue weighted by Crippen LogP contribution is 2.33. The van der Waals surface area contributed by atoms with Gasteiger partial charge in [-0.1, -0.05) is 12.1 Å². The second-order valence-corrected chi connectivity index (χ2v) is 7.53. The predicted octanol–water partition coefficient (Wildman–Crippen LogP) is 2.72. The largest absolute Gasteiger partial charge is 0.480 e. The van der Waals surface area contributed by atoms with Crippen LogP contribution >= 0.6 is 23.1 Å². The molecule has 0 spiro atoms. The third kappa shape index (κ3) is 3.26. The first-order valence-corrected chi connectivity index (χ1v) is 7.67. The van der Waals surface area contributed by atoms with Gasteiger partial charge in [0.1, 0.15) is 11.0 Å². The molecule has 1 atom stereocenters. The Balaban J connectivity index is 2.07. The molecule has 0 bridgehead atoms. The summed E-state index contributed by atoms with van der Waals surface area (Å²) in [5.41, 5.74) is 6.69. The second kappa shape index (κ2) is 5.48. The Bertz CT molecular complexity index is 562. The minimum atomic E-state index is -0.971. The van der Waals surface area contributed by atoms with Crippen LogP contribution in [0.25, 0.3) is 10.2 Å². The van der Waals surface area contributed by atoms with Gasteiger partial charge in [0.05, 0.1) is 10.2 Å². The number of aromatic nitrogens is 1. The van der Waals surface area contributed by atoms with E-state index in [4.69, 9.17) is 10.8 Å². The maximum Gasteiger partial charge on any atom is 0.321 e. The summed E-state index contributed by atoms with van der Waals surface area (Å²) in [6.45, 7) is 3.70. The van der Waals surface area contributed by atoms with Crippen LogP contribution in [0.3, 0.4) is 0 Å². The van der Waals surface area contributed by atoms with Crippen LogP contribution in [0.2, 0.25) is 0 Å². The standard InChI is InChI=1S/C13H16N2O2S2/c1-13(2,11(14)12(16)17)18-7-10-15-8-5-3-4-6-9(8)19-10/h3-6,11H,7,14H2,1-2H3,(H,16,17)/t11-/m0/s1. The van der Waals surface area contributed by atoms with Crippen LogP contribution in [0.4, 0.5) is 0 Å². The van der Waals surface area contributed by atoms with Crippen molar-refractivity contribution in [3.63, 3.8) is 0 Å². The molecule has 0 amide bonds. The quantitative estimate of drug-likeness (QED) is 0.887. The molecule has 4 nitrogen and oxygen atoms in total. The average Bonchev–Trinajstić information content (AvgIpc) is 2.78. The summed E-state index contributed by atoms with van der Waals surface area (Å²) in [7, 11) is 0. The van der Waals surface area contributed by atoms with E-state index in [0.717, 1.165) is 15.2 Å². The number of hydrogen-bond donors (Lipinski definition) is 2. The van der Waals surface area contributed by atoms with Crippen molar-refractivity contribution in [2.24, 2.45) is 5.73 Å². The normalized spacial score (nSPS) is 13.6. The van der Waals surface area contributed by atoms with E-state index >= 15 is 0 Å². The van der Waals surface area contributed by atoms with Crippen LogP contribution in [0.1, 0.15) is 18.9 Å². The van der Waals surface area contributed by atoms with Gasteiger partial charge >= 0.3 is 5.97 Å². The van der Waals surface area contributed by atoms with E-state index in [1.54, 1.807) is 11.3 Å². The van der Waals surface area contributed by atoms with Gasteiger partial charge in [-0.2, -0.15) is 0 Å². The zero-order valence-electron chi connectivity index (χ0n) is 10.8. The van der Waals surface area contributed by atoms with Crippen LogP contribution in [0.15, 0.2) is 24.3 Å². The summed E-state index contributed by atoms with van der Waals surface area (Å²) in [6, 6.07) is 7.08. The number of hydrogen-bond acceptors (Lipinski definition) is 5. The van der Waals surface area contributed by atoms with E-state index in [9.17, 15) is 4.79 Å². The minimum absolute atomic E-state index is 0.524. The first-order chi connectivity index (χ1) is 8.90. The first-order valence-electron chi connectivity index (χ1n) is 5.87. The summed E-state index contributed by atoms with van der Waals surface area (Å²) >= 11 is 3.16. The van der Waals surface area contributed by atoms with E-state index < -0.39 is 16.8 Å². The number of rotatable bonds is 5. The average molecular weight is 296 g/mol. The van der Waals surface area contributed by atoms with Crippen LogP contribution < -0.4 is 5.73 Å². The number of benzene rings is 1. The van der Waals surface area contributed by atoms with Crippen LogP contribution in [0.5, 0.6) is 0 Å². The number of nitrogens with two attached hydrogens (primary N) is 1. The molecule has 2 rings (SSSR count). The smallest absolute Gasteiger partial charge is 0.321 e. The van der Waals surface area contributed by atoms with Gasteiger partial charge in [-0.25, -0.2) is 4.98 Å². The van der Waals surface area contributed by atoms with Gasteiger partial charge in [-0.3, -0.25) is 4.79 Å². The van der Waals surface area contributed by atoms with Crippen molar-refractivity contribution < 1.29 is 9.90 Å². The Kier molecular flexibility index (Phi) is 4.13. The molecular weight excluding hydrogens is 280 g/mol. The lowest BCUT2D eigenvalue weighted by Gasteiger charge is -2.27. The van der Waals surface area contributed by atoms with Crippen molar-refractivity contribution >= 4 is 39.3 Å². The molecule has 102 valence electrons. The summed E-state index contributed by atoms with van der Waals surface area (Å²) < 4.78 is 0.627. The zero-order chi connectivity index (χ0) is 14.0. The number of thioether (sulfide) groups is 1. The van der Waals surface area contributed by atoms with Gasteiger partial charge in [-0.15, -0.1) is 23.1 Å². The Morgan fingerprint density at radius 2 is 2.21 bits per heavy atom. The molecule has 0 saturated heterocycles. The molecule has 1 aromatic carbocycles. The predicted molar refractivity (Wildman–Crippen MR) is 80.6 cm³/mol. The fraction of sp³-hybridized carbons (Fsp3) is 0.385. The molecule has 1 aromatic heterocycles. The van der Waals surface area contributed by atoms with E-state index in [0.29, 0.717) is 5.75 Å². The summed E-state index contributed by atoms with van der Waals surface area (Å²) in [5, 5.41) is 9.97. The van der Waals surface area contributed by atoms with Gasteiger partial charge in [0, 0.05) is 10.5 Å². The van der Waals surface area contributed by atoms with Gasteiger partial charge in [0.15, 0.2) is 0 Å². The molecule has 0 aliphatic heterocycles. The minimum Gasteiger partial charge on any atom is -0.480 e. The number of thiazole rings is 1. The van der Waals surface area contributed by atoms with Crippen molar-refractivity contribution in [3.05, 3.63) is 29.3 Å². The van der Waals surface area contributed by atoms with Gasteiger partial charge in [0.2, 0.25) is 0 Å². The van der Waals surface area contributed by atoms with Crippen molar-refractivity contribution in [3.8, 4) is 0 Å². The molecule has 2 aromatic rings. The molecule has 1 heterocycles. The topological polar surface area (TPSA) is 76.2 Å². The van der Waals surface area contributed by atoms with Crippen molar-refractivity contribution in [2.45, 2.75) is 30.4 Å². The summed E-state index contributed by atoms with van der Waals surface area (Å²) in [4.78, 5) is 15.5. The number of carboxylic acid groups (broad SMARTS) is 1. The maximum atomic E-state index is 10.9. The first kappa shape index (κ1) is 14.3. The van der Waals surface area contributed by atoms with Gasteiger partial charge < -0.3 is 10.8 Å². The molecule has 0 aliphatic carbocycles. The lowest BCUT2D eigenvalue weighted by atomic mass is 10.1. The molecule has 0 aliphatic rings. The van der Waals surface area contributed by atoms with Gasteiger partial charge in [0.25, 0.3) is 0 Å². The summed E-state index contributed by atoms with van der Waals surface area (Å²) in [6.07, 6.45) is 0. The second-order valence-electron chi connectivity index (χ2n) is 4.78. The lowest BCUT2D eigenvalue weighted by molar-refractivity contribution is -0.139. The molecule has 6 heteroatoms. The lowest BCUT2D eigenvalue weighted by Crippen LogP contribution is -2.46. The number of para-hydroxylation sites is 1. The maximum absolute atomic E-state index is 10.9. The van der Waals surface area contributed by atoms with Crippen LogP contribution in [-0.4, -0.2) is 26.8 Å². The summed E-state index contributed by atoms with van der Waals surface area (Å²) in [5.74, 6) is -0.297. The van der Waals surface area contributed by atoms with Crippen LogP contribution in [-0.2, 0) is 10.5 Å². The van der Waals surface area contributed by atoms with E-state index in [1.165, 1.54) is 11.8 Å². The Labute approximate surface area is 120 Å². The Hall–Kier alpha value is -1.11. The highest BCUT2D eigenvalue weighted by Gasteiger charge is 2.32. The molecule has 0 saturated carbocycles. The zero-order valence-corrected chi connectivity index (χ0v) is 12.4. The number of carbonyl (C=O) groups is 1. The van der Waals surface area contributed by atoms with E-state index in [1.807, 2.05) is 38.1 Å². The number of carboxylic acids is 1. The number of nitrogens with zero attached hydrogens (tertiary/aromatic N) is 1. The fourth-order valence-electron chi connectivity index (χ4n) is 1.62. The third-order valence-corrected chi connectivity index (χ3v) is 5.56. The van der Waals surface area contributed by atoms with Crippen molar-refractivity contribution in [1.82, 2.24) is 4.98 Å². The third-order valence-electron chi connectivity index (χ3n) is 2.92. The molecular formula is C13H16N2O2S2. The highest BCUT2D eigenvalue weighted by molar-refractivity contribution is 8.00. The highest BCUT2D eigenvalue weighted by atomic mass is 32.2. The fourth-order valence-corrected chi connectivity index (χ4v) is 3.63. The monoisotopic (exact) mass is 296 g/mol. The Morgan fingerprint density at radius 3 is 2.84 bits per heavy atom. The molecule has 3 N–H and O–H groups in total. The molecule has 0 radical (unpaired) electrons. The molecule has 19 heavy (non-hydrogen) atoms. The van der Waals surface area contributed by atoms with E-state index in [2.05, 4.69) is 4.98 Å². The van der Waals surface area contributed by atoms with E-state index in [-0.39, 0.29) is 0 Å². The van der Waals surface area contributed by atoms with Crippen LogP contribution in [0, 0.1) is 0 Å².